The van der Waals surface area contributed by atoms with Crippen molar-refractivity contribution in [3.05, 3.63) is 24.1 Å². The largest absolute Gasteiger partial charge is 0.335 e. The van der Waals surface area contributed by atoms with Crippen LogP contribution in [-0.4, -0.2) is 24.4 Å². The van der Waals surface area contributed by atoms with Gasteiger partial charge in [-0.05, 0) is 11.6 Å². The smallest absolute Gasteiger partial charge is 0.282 e. The van der Waals surface area contributed by atoms with E-state index in [-0.39, 0.29) is 0 Å². The number of amides is 1. The first-order valence-electron chi connectivity index (χ1n) is 2.91. The van der Waals surface area contributed by atoms with E-state index in [1.807, 2.05) is 0 Å². The maximum absolute atomic E-state index is 12.5. The Morgan fingerprint density at radius 2 is 2.40 bits per heavy atom. The van der Waals surface area contributed by atoms with E-state index < -0.39 is 11.7 Å². The Hall–Kier alpha value is -1.12. The van der Waals surface area contributed by atoms with Gasteiger partial charge in [-0.2, -0.15) is 0 Å². The molecule has 0 N–H and O–H groups in total. The average Bonchev–Trinajstić information content (AvgIpc) is 1.82. The van der Waals surface area contributed by atoms with Crippen molar-refractivity contribution in [3.63, 3.8) is 0 Å². The Morgan fingerprint density at radius 1 is 1.80 bits per heavy atom. The second-order valence-corrected chi connectivity index (χ2v) is 2.31. The van der Waals surface area contributed by atoms with Gasteiger partial charge in [0, 0.05) is 13.6 Å². The molecule has 1 aliphatic rings. The van der Waals surface area contributed by atoms with Crippen LogP contribution in [0, 0.1) is 0 Å². The lowest BCUT2D eigenvalue weighted by molar-refractivity contribution is -0.127. The van der Waals surface area contributed by atoms with Gasteiger partial charge in [-0.3, -0.25) is 4.79 Å². The number of carbonyl (C=O) groups excluding carboxylic acids is 1. The first-order valence-corrected chi connectivity index (χ1v) is 2.91. The Morgan fingerprint density at radius 3 is 2.90 bits per heavy atom. The van der Waals surface area contributed by atoms with Gasteiger partial charge < -0.3 is 4.90 Å². The molecule has 0 fully saturated rings. The van der Waals surface area contributed by atoms with Crippen LogP contribution in [0.2, 0.25) is 0 Å². The number of carbonyl (C=O) groups is 1. The van der Waals surface area contributed by atoms with Crippen molar-refractivity contribution in [3.8, 4) is 0 Å². The topological polar surface area (TPSA) is 20.3 Å². The molecule has 54 valence electrons. The van der Waals surface area contributed by atoms with Gasteiger partial charge >= 0.3 is 0 Å². The highest BCUT2D eigenvalue weighted by Crippen LogP contribution is 2.13. The van der Waals surface area contributed by atoms with Crippen LogP contribution >= 0.6 is 0 Å². The molecule has 0 bridgehead atoms. The fourth-order valence-electron chi connectivity index (χ4n) is 0.845. The zero-order valence-electron chi connectivity index (χ0n) is 5.72. The minimum atomic E-state index is -0.723. The van der Waals surface area contributed by atoms with Crippen LogP contribution in [0.3, 0.4) is 0 Å². The van der Waals surface area contributed by atoms with Crippen LogP contribution in [0.5, 0.6) is 0 Å². The lowest BCUT2D eigenvalue weighted by atomic mass is 10.2. The summed E-state index contributed by atoms with van der Waals surface area (Å²) in [6.45, 7) is 3.96. The Bertz CT molecular complexity index is 220. The standard InChI is InChI=1S/C7H8FNO/c1-5-3-6(8)7(10)9(2)4-5/h3H,1,4H2,2H3. The second kappa shape index (κ2) is 2.25. The summed E-state index contributed by atoms with van der Waals surface area (Å²) in [5.41, 5.74) is 0.625. The Labute approximate surface area is 58.6 Å². The monoisotopic (exact) mass is 141 g/mol. The Kier molecular flexibility index (Phi) is 1.57. The van der Waals surface area contributed by atoms with Crippen molar-refractivity contribution < 1.29 is 9.18 Å². The highest BCUT2D eigenvalue weighted by atomic mass is 19.1. The number of rotatable bonds is 0. The maximum Gasteiger partial charge on any atom is 0.282 e. The molecule has 0 spiro atoms. The molecule has 10 heavy (non-hydrogen) atoms. The van der Waals surface area contributed by atoms with Gasteiger partial charge in [0.1, 0.15) is 0 Å². The lowest BCUT2D eigenvalue weighted by Crippen LogP contribution is -2.31. The summed E-state index contributed by atoms with van der Waals surface area (Å²) in [5.74, 6) is -1.29. The van der Waals surface area contributed by atoms with E-state index in [4.69, 9.17) is 0 Å². The Balaban J connectivity index is 2.91. The molecule has 1 amide bonds. The number of likely N-dealkylation sites (N-methyl/N-ethyl adjacent to an activating group) is 1. The maximum atomic E-state index is 12.5. The minimum absolute atomic E-state index is 0.423. The molecule has 0 saturated heterocycles. The molecule has 2 nitrogen and oxygen atoms in total. The van der Waals surface area contributed by atoms with Gasteiger partial charge in [0.2, 0.25) is 0 Å². The van der Waals surface area contributed by atoms with Crippen LogP contribution < -0.4 is 0 Å². The van der Waals surface area contributed by atoms with Gasteiger partial charge in [-0.15, -0.1) is 0 Å². The third-order valence-electron chi connectivity index (χ3n) is 1.32. The molecule has 0 unspecified atom stereocenters. The van der Waals surface area contributed by atoms with Gasteiger partial charge in [-0.25, -0.2) is 4.39 Å². The summed E-state index contributed by atoms with van der Waals surface area (Å²) in [4.78, 5) is 12.0. The number of nitrogens with zero attached hydrogens (tertiary/aromatic N) is 1. The van der Waals surface area contributed by atoms with E-state index in [2.05, 4.69) is 6.58 Å². The first kappa shape index (κ1) is 6.99. The molecule has 0 atom stereocenters. The van der Waals surface area contributed by atoms with Crippen LogP contribution in [0.15, 0.2) is 24.1 Å². The molecule has 3 heteroatoms. The van der Waals surface area contributed by atoms with E-state index >= 15 is 0 Å². The second-order valence-electron chi connectivity index (χ2n) is 2.31. The zero-order valence-corrected chi connectivity index (χ0v) is 5.72. The van der Waals surface area contributed by atoms with E-state index in [0.717, 1.165) is 0 Å². The van der Waals surface area contributed by atoms with Crippen molar-refractivity contribution in [1.82, 2.24) is 4.90 Å². The SMILES string of the molecule is C=C1C=C(F)C(=O)N(C)C1. The zero-order chi connectivity index (χ0) is 7.72. The fourth-order valence-corrected chi connectivity index (χ4v) is 0.845. The fraction of sp³-hybridized carbons (Fsp3) is 0.286. The molecule has 1 aliphatic heterocycles. The van der Waals surface area contributed by atoms with Gasteiger partial charge in [-0.1, -0.05) is 6.58 Å². The number of hydrogen-bond donors (Lipinski definition) is 0. The first-order chi connectivity index (χ1) is 4.61. The normalized spacial score (nSPS) is 19.4. The van der Waals surface area contributed by atoms with Gasteiger partial charge in [0.25, 0.3) is 5.91 Å². The molecule has 0 aromatic heterocycles. The van der Waals surface area contributed by atoms with Crippen molar-refractivity contribution in [2.24, 2.45) is 0 Å². The molecule has 1 rings (SSSR count). The summed E-state index contributed by atoms with van der Waals surface area (Å²) in [6.07, 6.45) is 1.17. The predicted molar refractivity (Wildman–Crippen MR) is 36.0 cm³/mol. The summed E-state index contributed by atoms with van der Waals surface area (Å²) in [5, 5.41) is 0. The number of halogens is 1. The minimum Gasteiger partial charge on any atom is -0.335 e. The number of hydrogen-bond acceptors (Lipinski definition) is 1. The molecule has 0 aromatic rings. The van der Waals surface area contributed by atoms with Crippen LogP contribution in [0.1, 0.15) is 0 Å². The van der Waals surface area contributed by atoms with E-state index in [1.165, 1.54) is 11.0 Å². The predicted octanol–water partition coefficient (Wildman–Crippen LogP) is 0.868. The summed E-state index contributed by atoms with van der Waals surface area (Å²) < 4.78 is 12.5. The average molecular weight is 141 g/mol. The summed E-state index contributed by atoms with van der Waals surface area (Å²) in [7, 11) is 1.54. The van der Waals surface area contributed by atoms with Crippen LogP contribution in [0.4, 0.5) is 4.39 Å². The molecular weight excluding hydrogens is 133 g/mol. The van der Waals surface area contributed by atoms with Crippen molar-refractivity contribution in [2.75, 3.05) is 13.6 Å². The van der Waals surface area contributed by atoms with Crippen molar-refractivity contribution in [2.45, 2.75) is 0 Å². The van der Waals surface area contributed by atoms with Crippen LogP contribution in [0.25, 0.3) is 0 Å². The van der Waals surface area contributed by atoms with E-state index in [1.54, 1.807) is 7.05 Å². The van der Waals surface area contributed by atoms with Gasteiger partial charge in [0.15, 0.2) is 5.83 Å². The molecule has 0 aromatic carbocycles. The van der Waals surface area contributed by atoms with E-state index in [0.29, 0.717) is 12.1 Å². The van der Waals surface area contributed by atoms with Gasteiger partial charge in [0.05, 0.1) is 0 Å². The molecule has 0 aliphatic carbocycles. The van der Waals surface area contributed by atoms with Crippen molar-refractivity contribution >= 4 is 5.91 Å². The highest BCUT2D eigenvalue weighted by Gasteiger charge is 2.19. The molecular formula is C7H8FNO. The third kappa shape index (κ3) is 1.07. The molecule has 1 heterocycles. The summed E-state index contributed by atoms with van der Waals surface area (Å²) in [6, 6.07) is 0. The van der Waals surface area contributed by atoms with Crippen LogP contribution in [-0.2, 0) is 4.79 Å². The van der Waals surface area contributed by atoms with Crippen molar-refractivity contribution in [1.29, 1.82) is 0 Å². The lowest BCUT2D eigenvalue weighted by Gasteiger charge is -2.20. The molecule has 0 radical (unpaired) electrons. The summed E-state index contributed by atoms with van der Waals surface area (Å²) >= 11 is 0. The highest BCUT2D eigenvalue weighted by molar-refractivity contribution is 5.93. The third-order valence-corrected chi connectivity index (χ3v) is 1.32. The quantitative estimate of drug-likeness (QED) is 0.490. The van der Waals surface area contributed by atoms with E-state index in [9.17, 15) is 9.18 Å². The molecule has 0 saturated carbocycles.